The Morgan fingerprint density at radius 2 is 1.49 bits per heavy atom. The van der Waals surface area contributed by atoms with Gasteiger partial charge in [0.15, 0.2) is 29.2 Å². The molecule has 0 bridgehead atoms. The van der Waals surface area contributed by atoms with Crippen LogP contribution in [0.4, 0.5) is 0 Å². The van der Waals surface area contributed by atoms with Crippen LogP contribution >= 0.6 is 11.6 Å². The quantitative estimate of drug-likeness (QED) is 0.0919. The van der Waals surface area contributed by atoms with Crippen LogP contribution in [0, 0.1) is 11.8 Å². The zero-order valence-corrected chi connectivity index (χ0v) is 34.2. The molecule has 0 amide bonds. The molecule has 49 heavy (non-hydrogen) atoms. The van der Waals surface area contributed by atoms with Crippen molar-refractivity contribution in [1.82, 2.24) is 0 Å². The highest BCUT2D eigenvalue weighted by Gasteiger charge is 2.47. The van der Waals surface area contributed by atoms with Crippen molar-refractivity contribution in [3.8, 4) is 5.75 Å². The van der Waals surface area contributed by atoms with E-state index >= 15 is 0 Å². The van der Waals surface area contributed by atoms with Crippen LogP contribution in [0.1, 0.15) is 92.9 Å². The lowest BCUT2D eigenvalue weighted by molar-refractivity contribution is -0.193. The topological polar surface area (TPSA) is 64.6 Å². The molecule has 0 radical (unpaired) electrons. The highest BCUT2D eigenvalue weighted by molar-refractivity contribution is 6.74. The van der Waals surface area contributed by atoms with Crippen molar-refractivity contribution >= 4 is 28.2 Å². The summed E-state index contributed by atoms with van der Waals surface area (Å²) in [5, 5.41) is 0.653. The van der Waals surface area contributed by atoms with Crippen molar-refractivity contribution in [3.63, 3.8) is 0 Å². The highest BCUT2D eigenvalue weighted by Crippen LogP contribution is 2.43. The predicted octanol–water partition coefficient (Wildman–Crippen LogP) is 10.5. The lowest BCUT2D eigenvalue weighted by Gasteiger charge is -2.36. The van der Waals surface area contributed by atoms with Crippen LogP contribution in [0.15, 0.2) is 36.4 Å². The van der Waals surface area contributed by atoms with Gasteiger partial charge in [-0.25, -0.2) is 0 Å². The SMILES string of the molecule is CC[Si](CC)(CC)OCC[C@@H]1[C@@H](C=C[C@H](COc2cccc(Cl)c2)OC2CCCCO2)[C@H](OC2CCCCO2)C[C@@H]1O[Si](CC)(CC)CC. The summed E-state index contributed by atoms with van der Waals surface area (Å²) >= 11 is 6.28. The molecule has 4 rings (SSSR count). The number of hydrogen-bond acceptors (Lipinski definition) is 7. The maximum absolute atomic E-state index is 7.37. The third kappa shape index (κ3) is 12.1. The molecule has 1 aromatic rings. The van der Waals surface area contributed by atoms with Gasteiger partial charge in [0.05, 0.1) is 12.2 Å². The third-order valence-corrected chi connectivity index (χ3v) is 21.3. The van der Waals surface area contributed by atoms with Gasteiger partial charge in [0.25, 0.3) is 0 Å². The van der Waals surface area contributed by atoms with Crippen molar-refractivity contribution in [2.24, 2.45) is 11.8 Å². The number of rotatable bonds is 21. The maximum atomic E-state index is 7.37. The minimum Gasteiger partial charge on any atom is -0.490 e. The summed E-state index contributed by atoms with van der Waals surface area (Å²) in [7, 11) is -3.60. The molecule has 280 valence electrons. The fourth-order valence-electron chi connectivity index (χ4n) is 7.95. The van der Waals surface area contributed by atoms with E-state index in [1.54, 1.807) is 0 Å². The van der Waals surface area contributed by atoms with E-state index in [0.717, 1.165) is 113 Å². The molecule has 7 atom stereocenters. The molecule has 2 aliphatic heterocycles. The molecule has 0 aromatic heterocycles. The van der Waals surface area contributed by atoms with Crippen LogP contribution in [0.3, 0.4) is 0 Å². The van der Waals surface area contributed by atoms with Gasteiger partial charge in [-0.15, -0.1) is 0 Å². The molecule has 3 aliphatic rings. The van der Waals surface area contributed by atoms with E-state index in [1.165, 1.54) is 0 Å². The molecule has 3 fully saturated rings. The lowest BCUT2D eigenvalue weighted by Crippen LogP contribution is -2.42. The molecular weight excluding hydrogens is 672 g/mol. The van der Waals surface area contributed by atoms with E-state index < -0.39 is 16.6 Å². The summed E-state index contributed by atoms with van der Waals surface area (Å²) in [6.07, 6.45) is 12.1. The summed E-state index contributed by atoms with van der Waals surface area (Å²) in [6, 6.07) is 14.4. The Hall–Kier alpha value is -0.756. The minimum absolute atomic E-state index is 0.00225. The van der Waals surface area contributed by atoms with Gasteiger partial charge in [0.2, 0.25) is 0 Å². The van der Waals surface area contributed by atoms with E-state index in [2.05, 4.69) is 53.7 Å². The monoisotopic (exact) mass is 738 g/mol. The second kappa shape index (κ2) is 21.1. The van der Waals surface area contributed by atoms with Gasteiger partial charge in [-0.3, -0.25) is 0 Å². The van der Waals surface area contributed by atoms with Crippen molar-refractivity contribution in [2.75, 3.05) is 26.4 Å². The highest BCUT2D eigenvalue weighted by atomic mass is 35.5. The smallest absolute Gasteiger partial charge is 0.192 e. The van der Waals surface area contributed by atoms with Gasteiger partial charge in [0.1, 0.15) is 18.5 Å². The molecule has 10 heteroatoms. The van der Waals surface area contributed by atoms with Gasteiger partial charge >= 0.3 is 0 Å². The van der Waals surface area contributed by atoms with Crippen LogP contribution in [-0.2, 0) is 27.8 Å². The Labute approximate surface area is 305 Å². The van der Waals surface area contributed by atoms with E-state index in [0.29, 0.717) is 11.6 Å². The Balaban J connectivity index is 1.63. The first-order chi connectivity index (χ1) is 23.8. The zero-order chi connectivity index (χ0) is 35.1. The summed E-state index contributed by atoms with van der Waals surface area (Å²) in [5.41, 5.74) is 0. The van der Waals surface area contributed by atoms with E-state index in [4.69, 9.17) is 44.1 Å². The second-order valence-corrected chi connectivity index (χ2v) is 24.3. The van der Waals surface area contributed by atoms with Gasteiger partial charge in [-0.1, -0.05) is 71.4 Å². The van der Waals surface area contributed by atoms with Crippen LogP contribution in [0.2, 0.25) is 41.3 Å². The molecular formula is C39H67ClO7Si2. The zero-order valence-electron chi connectivity index (χ0n) is 31.5. The fraction of sp³-hybridized carbons (Fsp3) is 0.795. The third-order valence-electron chi connectivity index (χ3n) is 11.7. The maximum Gasteiger partial charge on any atom is 0.192 e. The van der Waals surface area contributed by atoms with Crippen LogP contribution < -0.4 is 4.74 Å². The first kappa shape index (κ1) is 41.0. The average Bonchev–Trinajstić information content (AvgIpc) is 3.45. The van der Waals surface area contributed by atoms with Gasteiger partial charge in [-0.2, -0.15) is 0 Å². The summed E-state index contributed by atoms with van der Waals surface area (Å²) in [6.45, 7) is 16.5. The number of halogens is 1. The first-order valence-corrected chi connectivity index (χ1v) is 25.2. The van der Waals surface area contributed by atoms with Crippen molar-refractivity contribution in [2.45, 2.75) is 160 Å². The van der Waals surface area contributed by atoms with Crippen molar-refractivity contribution in [3.05, 3.63) is 41.4 Å². The predicted molar refractivity (Wildman–Crippen MR) is 204 cm³/mol. The molecule has 7 nitrogen and oxygen atoms in total. The molecule has 1 aliphatic carbocycles. The van der Waals surface area contributed by atoms with Crippen LogP contribution in [-0.4, -0.2) is 74.0 Å². The standard InChI is InChI=1S/C39H67ClO7Si2/c1-7-48(8-2,9-3)44-27-24-35-34(36(46-39-21-14-16-26-42-39)29-37(35)47-49(10-4,11-5)12-6)23-22-33(45-38-20-13-15-25-41-38)30-43-32-19-17-18-31(40)28-32/h17-19,22-23,28,33-39H,7-16,20-21,24-27,29-30H2,1-6H3/t33-,34-,35-,36-,37+,38?,39?/m1/s1. The average molecular weight is 740 g/mol. The number of hydrogen-bond donors (Lipinski definition) is 0. The van der Waals surface area contributed by atoms with Gasteiger partial charge in [0, 0.05) is 30.8 Å². The van der Waals surface area contributed by atoms with Gasteiger partial charge < -0.3 is 32.5 Å². The lowest BCUT2D eigenvalue weighted by atomic mass is 9.90. The summed E-state index contributed by atoms with van der Waals surface area (Å²) in [5.74, 6) is 1.15. The Kier molecular flexibility index (Phi) is 17.6. The van der Waals surface area contributed by atoms with Crippen molar-refractivity contribution in [1.29, 1.82) is 0 Å². The number of benzene rings is 1. The van der Waals surface area contributed by atoms with Crippen LogP contribution in [0.5, 0.6) is 5.75 Å². The summed E-state index contributed by atoms with van der Waals surface area (Å²) in [4.78, 5) is 0. The minimum atomic E-state index is -1.88. The largest absolute Gasteiger partial charge is 0.490 e. The number of ether oxygens (including phenoxy) is 5. The van der Waals surface area contributed by atoms with Crippen molar-refractivity contribution < 1.29 is 32.5 Å². The van der Waals surface area contributed by atoms with E-state index in [-0.39, 0.29) is 42.7 Å². The molecule has 1 saturated carbocycles. The first-order valence-electron chi connectivity index (χ1n) is 19.7. The normalized spacial score (nSPS) is 27.5. The Bertz CT molecular complexity index is 1070. The second-order valence-electron chi connectivity index (χ2n) is 14.4. The molecule has 2 heterocycles. The Morgan fingerprint density at radius 3 is 2.08 bits per heavy atom. The molecule has 2 saturated heterocycles. The van der Waals surface area contributed by atoms with E-state index in [9.17, 15) is 0 Å². The summed E-state index contributed by atoms with van der Waals surface area (Å²) < 4.78 is 46.1. The van der Waals surface area contributed by atoms with Crippen LogP contribution in [0.25, 0.3) is 0 Å². The fourth-order valence-corrected chi connectivity index (χ4v) is 13.7. The molecule has 0 spiro atoms. The van der Waals surface area contributed by atoms with E-state index in [1.807, 2.05) is 24.3 Å². The molecule has 2 unspecified atom stereocenters. The van der Waals surface area contributed by atoms with Gasteiger partial charge in [-0.05, 0) is 112 Å². The Morgan fingerprint density at radius 1 is 0.837 bits per heavy atom. The molecule has 0 N–H and O–H groups in total. The molecule has 1 aromatic carbocycles.